The number of fused-ring (bicyclic) bond motifs is 1. The summed E-state index contributed by atoms with van der Waals surface area (Å²) in [4.78, 5) is 30.8. The molecular formula is C20H31N3O3S. The van der Waals surface area contributed by atoms with Crippen molar-refractivity contribution in [1.29, 1.82) is 0 Å². The number of ether oxygens (including phenoxy) is 1. The third kappa shape index (κ3) is 4.89. The van der Waals surface area contributed by atoms with Gasteiger partial charge < -0.3 is 15.0 Å². The summed E-state index contributed by atoms with van der Waals surface area (Å²) in [6.07, 6.45) is 4.09. The largest absolute Gasteiger partial charge is 0.465 e. The average Bonchev–Trinajstić information content (AvgIpc) is 2.99. The molecule has 27 heavy (non-hydrogen) atoms. The number of anilines is 1. The van der Waals surface area contributed by atoms with Crippen LogP contribution in [0.25, 0.3) is 0 Å². The molecular weight excluding hydrogens is 362 g/mol. The van der Waals surface area contributed by atoms with E-state index in [1.807, 2.05) is 0 Å². The molecule has 1 aromatic rings. The van der Waals surface area contributed by atoms with Crippen LogP contribution in [0.1, 0.15) is 47.5 Å². The summed E-state index contributed by atoms with van der Waals surface area (Å²) < 4.78 is 4.99. The Kier molecular flexibility index (Phi) is 6.89. The van der Waals surface area contributed by atoms with E-state index in [4.69, 9.17) is 4.74 Å². The van der Waals surface area contributed by atoms with Gasteiger partial charge in [-0.25, -0.2) is 4.79 Å². The summed E-state index contributed by atoms with van der Waals surface area (Å²) in [5, 5.41) is 3.67. The Morgan fingerprint density at radius 3 is 2.59 bits per heavy atom. The van der Waals surface area contributed by atoms with Gasteiger partial charge in [0, 0.05) is 31.1 Å². The van der Waals surface area contributed by atoms with Gasteiger partial charge in [0.1, 0.15) is 5.00 Å². The van der Waals surface area contributed by atoms with Crippen molar-refractivity contribution in [2.24, 2.45) is 5.92 Å². The summed E-state index contributed by atoms with van der Waals surface area (Å²) >= 11 is 1.55. The molecule has 3 rings (SSSR count). The van der Waals surface area contributed by atoms with Crippen molar-refractivity contribution in [3.63, 3.8) is 0 Å². The van der Waals surface area contributed by atoms with E-state index in [0.29, 0.717) is 23.0 Å². The third-order valence-electron chi connectivity index (χ3n) is 5.53. The molecule has 2 aliphatic rings. The molecule has 1 atom stereocenters. The average molecular weight is 394 g/mol. The van der Waals surface area contributed by atoms with Crippen LogP contribution in [0.15, 0.2) is 0 Å². The van der Waals surface area contributed by atoms with Crippen molar-refractivity contribution < 1.29 is 14.3 Å². The lowest BCUT2D eigenvalue weighted by atomic mass is 9.88. The molecule has 7 heteroatoms. The molecule has 0 aromatic carbocycles. The molecule has 1 unspecified atom stereocenters. The number of amides is 1. The Morgan fingerprint density at radius 2 is 1.93 bits per heavy atom. The van der Waals surface area contributed by atoms with Gasteiger partial charge >= 0.3 is 5.97 Å². The van der Waals surface area contributed by atoms with Crippen LogP contribution in [0.4, 0.5) is 5.00 Å². The highest BCUT2D eigenvalue weighted by atomic mass is 32.1. The van der Waals surface area contributed by atoms with Crippen LogP contribution in [0.3, 0.4) is 0 Å². The Labute approximate surface area is 165 Å². The summed E-state index contributed by atoms with van der Waals surface area (Å²) in [6.45, 7) is 9.78. The van der Waals surface area contributed by atoms with Crippen LogP contribution in [-0.2, 0) is 22.4 Å². The van der Waals surface area contributed by atoms with Gasteiger partial charge in [-0.05, 0) is 43.7 Å². The first-order valence-electron chi connectivity index (χ1n) is 9.99. The number of methoxy groups -OCH3 is 1. The zero-order valence-electron chi connectivity index (χ0n) is 16.7. The molecule has 1 saturated heterocycles. The van der Waals surface area contributed by atoms with Gasteiger partial charge in [-0.15, -0.1) is 11.3 Å². The lowest BCUT2D eigenvalue weighted by Gasteiger charge is -2.34. The quantitative estimate of drug-likeness (QED) is 0.753. The summed E-state index contributed by atoms with van der Waals surface area (Å²) in [5.74, 6) is 0.228. The highest BCUT2D eigenvalue weighted by molar-refractivity contribution is 7.17. The predicted octanol–water partition coefficient (Wildman–Crippen LogP) is 2.63. The molecule has 0 radical (unpaired) electrons. The predicted molar refractivity (Wildman–Crippen MR) is 109 cm³/mol. The van der Waals surface area contributed by atoms with E-state index in [1.54, 1.807) is 11.3 Å². The molecule has 1 aliphatic heterocycles. The number of piperazine rings is 1. The highest BCUT2D eigenvalue weighted by Gasteiger charge is 2.29. The van der Waals surface area contributed by atoms with Crippen molar-refractivity contribution >= 4 is 28.2 Å². The fourth-order valence-corrected chi connectivity index (χ4v) is 5.43. The van der Waals surface area contributed by atoms with Crippen molar-refractivity contribution in [2.75, 3.05) is 51.7 Å². The number of nitrogens with zero attached hydrogens (tertiary/aromatic N) is 2. The topological polar surface area (TPSA) is 61.9 Å². The molecule has 1 aromatic heterocycles. The van der Waals surface area contributed by atoms with Crippen molar-refractivity contribution in [3.8, 4) is 0 Å². The minimum atomic E-state index is -0.342. The fraction of sp³-hybridized carbons (Fsp3) is 0.700. The van der Waals surface area contributed by atoms with E-state index in [-0.39, 0.29) is 11.9 Å². The van der Waals surface area contributed by atoms with Crippen molar-refractivity contribution in [1.82, 2.24) is 9.80 Å². The number of rotatable bonds is 6. The zero-order chi connectivity index (χ0) is 19.4. The fourth-order valence-electron chi connectivity index (χ4n) is 4.01. The molecule has 1 N–H and O–H groups in total. The normalized spacial score (nSPS) is 20.9. The maximum atomic E-state index is 12.6. The molecule has 1 fully saturated rings. The number of carbonyl (C=O) groups excluding carboxylic acids is 2. The van der Waals surface area contributed by atoms with Crippen molar-refractivity contribution in [2.45, 2.75) is 39.5 Å². The standard InChI is InChI=1S/C20H31N3O3S/c1-4-7-22-8-10-23(11-9-22)13-17(24)21-19-18(20(25)26-3)15-6-5-14(2)12-16(15)27-19/h14H,4-13H2,1-3H3,(H,21,24). The van der Waals surface area contributed by atoms with E-state index in [1.165, 1.54) is 18.4 Å². The summed E-state index contributed by atoms with van der Waals surface area (Å²) in [7, 11) is 1.40. The van der Waals surface area contributed by atoms with Crippen LogP contribution in [0.2, 0.25) is 0 Å². The first kappa shape index (κ1) is 20.3. The SMILES string of the molecule is CCCN1CCN(CC(=O)Nc2sc3c(c2C(=O)OC)CCC(C)C3)CC1. The molecule has 150 valence electrons. The minimum Gasteiger partial charge on any atom is -0.465 e. The van der Waals surface area contributed by atoms with Gasteiger partial charge in [-0.1, -0.05) is 13.8 Å². The number of hydrogen-bond donors (Lipinski definition) is 1. The lowest BCUT2D eigenvalue weighted by molar-refractivity contribution is -0.117. The van der Waals surface area contributed by atoms with Gasteiger partial charge in [0.25, 0.3) is 0 Å². The highest BCUT2D eigenvalue weighted by Crippen LogP contribution is 2.40. The first-order chi connectivity index (χ1) is 13.0. The molecule has 0 saturated carbocycles. The number of esters is 1. The van der Waals surface area contributed by atoms with Gasteiger partial charge in [-0.3, -0.25) is 9.69 Å². The molecule has 1 amide bonds. The Balaban J connectivity index is 1.65. The summed E-state index contributed by atoms with van der Waals surface area (Å²) in [6, 6.07) is 0. The van der Waals surface area contributed by atoms with Crippen LogP contribution in [0.5, 0.6) is 0 Å². The molecule has 0 spiro atoms. The second kappa shape index (κ2) is 9.17. The minimum absolute atomic E-state index is 0.0456. The van der Waals surface area contributed by atoms with E-state index < -0.39 is 0 Å². The van der Waals surface area contributed by atoms with E-state index in [2.05, 4.69) is 29.0 Å². The smallest absolute Gasteiger partial charge is 0.341 e. The Hall–Kier alpha value is -1.44. The first-order valence-corrected chi connectivity index (χ1v) is 10.8. The van der Waals surface area contributed by atoms with Crippen molar-refractivity contribution in [3.05, 3.63) is 16.0 Å². The molecule has 6 nitrogen and oxygen atoms in total. The van der Waals surface area contributed by atoms with E-state index >= 15 is 0 Å². The molecule has 2 heterocycles. The lowest BCUT2D eigenvalue weighted by Crippen LogP contribution is -2.48. The van der Waals surface area contributed by atoms with Gasteiger partial charge in [-0.2, -0.15) is 0 Å². The molecule has 0 bridgehead atoms. The van der Waals surface area contributed by atoms with Crippen LogP contribution in [0, 0.1) is 5.92 Å². The number of hydrogen-bond acceptors (Lipinski definition) is 6. The third-order valence-corrected chi connectivity index (χ3v) is 6.70. The van der Waals surface area contributed by atoms with Crippen LogP contribution >= 0.6 is 11.3 Å². The summed E-state index contributed by atoms with van der Waals surface area (Å²) in [5.41, 5.74) is 1.65. The van der Waals surface area contributed by atoms with Crippen LogP contribution in [-0.4, -0.2) is 68.1 Å². The molecule has 1 aliphatic carbocycles. The van der Waals surface area contributed by atoms with E-state index in [0.717, 1.165) is 57.5 Å². The maximum Gasteiger partial charge on any atom is 0.341 e. The van der Waals surface area contributed by atoms with Gasteiger partial charge in [0.05, 0.1) is 19.2 Å². The Morgan fingerprint density at radius 1 is 1.22 bits per heavy atom. The second-order valence-corrected chi connectivity index (χ2v) is 8.82. The second-order valence-electron chi connectivity index (χ2n) is 7.71. The number of thiophene rings is 1. The van der Waals surface area contributed by atoms with Gasteiger partial charge in [0.2, 0.25) is 5.91 Å². The number of nitrogens with one attached hydrogen (secondary N) is 1. The maximum absolute atomic E-state index is 12.6. The monoisotopic (exact) mass is 393 g/mol. The Bertz CT molecular complexity index is 680. The zero-order valence-corrected chi connectivity index (χ0v) is 17.5. The van der Waals surface area contributed by atoms with E-state index in [9.17, 15) is 9.59 Å². The van der Waals surface area contributed by atoms with Gasteiger partial charge in [0.15, 0.2) is 0 Å². The number of carbonyl (C=O) groups is 2. The van der Waals surface area contributed by atoms with Crippen LogP contribution < -0.4 is 5.32 Å².